The highest BCUT2D eigenvalue weighted by atomic mass is 19.4. The van der Waals surface area contributed by atoms with Crippen molar-refractivity contribution < 1.29 is 13.2 Å². The maximum Gasteiger partial charge on any atom is 0.416 e. The lowest BCUT2D eigenvalue weighted by Gasteiger charge is -2.23. The highest BCUT2D eigenvalue weighted by Crippen LogP contribution is 2.30. The molecule has 0 saturated heterocycles. The molecule has 1 aromatic carbocycles. The van der Waals surface area contributed by atoms with E-state index in [0.717, 1.165) is 12.6 Å². The molecule has 1 aromatic rings. The molecule has 114 valence electrons. The van der Waals surface area contributed by atoms with Crippen molar-refractivity contribution in [3.05, 3.63) is 47.7 Å². The van der Waals surface area contributed by atoms with Gasteiger partial charge in [-0.15, -0.1) is 0 Å². The number of amidine groups is 1. The van der Waals surface area contributed by atoms with Gasteiger partial charge in [0.25, 0.3) is 0 Å². The zero-order valence-electron chi connectivity index (χ0n) is 12.0. The fraction of sp³-hybridized carbons (Fsp3) is 0.400. The lowest BCUT2D eigenvalue weighted by molar-refractivity contribution is -0.137. The highest BCUT2D eigenvalue weighted by molar-refractivity contribution is 5.93. The summed E-state index contributed by atoms with van der Waals surface area (Å²) in [6, 6.07) is 5.10. The van der Waals surface area contributed by atoms with Crippen LogP contribution in [0.25, 0.3) is 0 Å². The topological polar surface area (TPSA) is 27.6 Å². The van der Waals surface area contributed by atoms with Crippen molar-refractivity contribution in [2.24, 2.45) is 4.99 Å². The van der Waals surface area contributed by atoms with E-state index < -0.39 is 11.7 Å². The van der Waals surface area contributed by atoms with Crippen molar-refractivity contribution in [3.8, 4) is 0 Å². The van der Waals surface area contributed by atoms with Crippen molar-refractivity contribution in [3.63, 3.8) is 0 Å². The number of nitrogens with one attached hydrogen (secondary N) is 1. The Balaban J connectivity index is 2.06. The molecule has 1 heterocycles. The van der Waals surface area contributed by atoms with E-state index in [0.29, 0.717) is 18.1 Å². The molecule has 0 aromatic heterocycles. The molecule has 1 aliphatic heterocycles. The monoisotopic (exact) mass is 297 g/mol. The van der Waals surface area contributed by atoms with Gasteiger partial charge in [-0.2, -0.15) is 13.2 Å². The first-order valence-corrected chi connectivity index (χ1v) is 6.80. The van der Waals surface area contributed by atoms with E-state index >= 15 is 0 Å². The maximum absolute atomic E-state index is 12.7. The average Bonchev–Trinajstić information content (AvgIpc) is 2.47. The van der Waals surface area contributed by atoms with Crippen LogP contribution in [0, 0.1) is 0 Å². The Labute approximate surface area is 122 Å². The third-order valence-corrected chi connectivity index (χ3v) is 3.35. The molecule has 0 radical (unpaired) electrons. The summed E-state index contributed by atoms with van der Waals surface area (Å²) in [5.41, 5.74) is -0.0502. The molecule has 0 fully saturated rings. The van der Waals surface area contributed by atoms with E-state index in [1.807, 2.05) is 31.0 Å². The quantitative estimate of drug-likeness (QED) is 0.923. The first-order valence-electron chi connectivity index (χ1n) is 6.80. The van der Waals surface area contributed by atoms with Gasteiger partial charge >= 0.3 is 6.18 Å². The minimum atomic E-state index is -4.32. The highest BCUT2D eigenvalue weighted by Gasteiger charge is 2.30. The van der Waals surface area contributed by atoms with Gasteiger partial charge in [-0.1, -0.05) is 12.1 Å². The fourth-order valence-corrected chi connectivity index (χ4v) is 2.03. The SMILES string of the molecule is CCN1C=CC(NC(C)c2cccc(C(F)(F)F)c2)=NC1. The van der Waals surface area contributed by atoms with Crippen LogP contribution < -0.4 is 5.32 Å². The molecule has 0 aliphatic carbocycles. The van der Waals surface area contributed by atoms with Crippen LogP contribution in [0.2, 0.25) is 0 Å². The largest absolute Gasteiger partial charge is 0.416 e. The number of nitrogens with zero attached hydrogens (tertiary/aromatic N) is 2. The molecular formula is C15H18F3N3. The summed E-state index contributed by atoms with van der Waals surface area (Å²) in [7, 11) is 0. The van der Waals surface area contributed by atoms with Gasteiger partial charge in [0.2, 0.25) is 0 Å². The van der Waals surface area contributed by atoms with Crippen LogP contribution in [0.3, 0.4) is 0 Å². The molecule has 0 bridgehead atoms. The van der Waals surface area contributed by atoms with Crippen LogP contribution >= 0.6 is 0 Å². The standard InChI is InChI=1S/C15H18F3N3/c1-3-21-8-7-14(19-10-21)20-11(2)12-5-4-6-13(9-12)15(16,17)18/h4-9,11H,3,10H2,1-2H3,(H,19,20). The first kappa shape index (κ1) is 15.4. The Kier molecular flexibility index (Phi) is 4.55. The summed E-state index contributed by atoms with van der Waals surface area (Å²) in [5.74, 6) is 0.685. The van der Waals surface area contributed by atoms with Gasteiger partial charge in [0, 0.05) is 18.8 Å². The Hall–Kier alpha value is -1.98. The number of halogens is 3. The molecule has 2 rings (SSSR count). The minimum Gasteiger partial charge on any atom is -0.364 e. The number of benzene rings is 1. The molecule has 0 spiro atoms. The molecule has 21 heavy (non-hydrogen) atoms. The molecule has 3 nitrogen and oxygen atoms in total. The molecule has 1 atom stereocenters. The van der Waals surface area contributed by atoms with Gasteiger partial charge in [-0.25, -0.2) is 4.99 Å². The van der Waals surface area contributed by atoms with Crippen molar-refractivity contribution >= 4 is 5.84 Å². The van der Waals surface area contributed by atoms with Crippen LogP contribution in [0.4, 0.5) is 13.2 Å². The maximum atomic E-state index is 12.7. The van der Waals surface area contributed by atoms with Gasteiger partial charge < -0.3 is 10.2 Å². The summed E-state index contributed by atoms with van der Waals surface area (Å²) >= 11 is 0. The summed E-state index contributed by atoms with van der Waals surface area (Å²) in [6.07, 6.45) is -0.565. The predicted molar refractivity (Wildman–Crippen MR) is 76.8 cm³/mol. The summed E-state index contributed by atoms with van der Waals surface area (Å²) in [4.78, 5) is 6.37. The van der Waals surface area contributed by atoms with Crippen LogP contribution in [0.5, 0.6) is 0 Å². The molecular weight excluding hydrogens is 279 g/mol. The summed E-state index contributed by atoms with van der Waals surface area (Å²) in [5, 5.41) is 3.13. The Morgan fingerprint density at radius 1 is 1.38 bits per heavy atom. The molecule has 6 heteroatoms. The van der Waals surface area contributed by atoms with Gasteiger partial charge in [0.15, 0.2) is 0 Å². The zero-order chi connectivity index (χ0) is 15.5. The van der Waals surface area contributed by atoms with E-state index in [4.69, 9.17) is 0 Å². The van der Waals surface area contributed by atoms with Crippen LogP contribution in [0.15, 0.2) is 41.5 Å². The Morgan fingerprint density at radius 2 is 2.14 bits per heavy atom. The van der Waals surface area contributed by atoms with Gasteiger partial charge in [0.05, 0.1) is 5.56 Å². The van der Waals surface area contributed by atoms with Crippen LogP contribution in [0.1, 0.15) is 31.0 Å². The van der Waals surface area contributed by atoms with Gasteiger partial charge in [-0.05, 0) is 37.6 Å². The lowest BCUT2D eigenvalue weighted by atomic mass is 10.0. The third kappa shape index (κ3) is 4.00. The van der Waals surface area contributed by atoms with Gasteiger partial charge in [0.1, 0.15) is 12.5 Å². The van der Waals surface area contributed by atoms with Crippen molar-refractivity contribution in [2.75, 3.05) is 13.2 Å². The number of hydrogen-bond acceptors (Lipinski definition) is 3. The van der Waals surface area contributed by atoms with Crippen molar-refractivity contribution in [1.29, 1.82) is 0 Å². The van der Waals surface area contributed by atoms with E-state index in [1.165, 1.54) is 12.1 Å². The first-order chi connectivity index (χ1) is 9.90. The molecule has 1 unspecified atom stereocenters. The van der Waals surface area contributed by atoms with E-state index in [2.05, 4.69) is 10.3 Å². The average molecular weight is 297 g/mol. The Bertz CT molecular complexity index is 549. The zero-order valence-corrected chi connectivity index (χ0v) is 12.0. The normalized spacial score (nSPS) is 16.6. The third-order valence-electron chi connectivity index (χ3n) is 3.35. The second-order valence-electron chi connectivity index (χ2n) is 4.89. The molecule has 0 amide bonds. The van der Waals surface area contributed by atoms with E-state index in [9.17, 15) is 13.2 Å². The summed E-state index contributed by atoms with van der Waals surface area (Å²) < 4.78 is 38.1. The Morgan fingerprint density at radius 3 is 2.71 bits per heavy atom. The second-order valence-corrected chi connectivity index (χ2v) is 4.89. The predicted octanol–water partition coefficient (Wildman–Crippen LogP) is 3.56. The number of alkyl halides is 3. The minimum absolute atomic E-state index is 0.246. The lowest BCUT2D eigenvalue weighted by Crippen LogP contribution is -2.31. The molecule has 0 saturated carbocycles. The molecule has 1 N–H and O–H groups in total. The second kappa shape index (κ2) is 6.20. The van der Waals surface area contributed by atoms with E-state index in [-0.39, 0.29) is 6.04 Å². The number of hydrogen-bond donors (Lipinski definition) is 1. The van der Waals surface area contributed by atoms with Gasteiger partial charge in [-0.3, -0.25) is 0 Å². The number of rotatable bonds is 3. The summed E-state index contributed by atoms with van der Waals surface area (Å²) in [6.45, 7) is 5.28. The fourth-order valence-electron chi connectivity index (χ4n) is 2.03. The van der Waals surface area contributed by atoms with Crippen LogP contribution in [-0.4, -0.2) is 23.9 Å². The smallest absolute Gasteiger partial charge is 0.364 e. The van der Waals surface area contributed by atoms with Crippen LogP contribution in [-0.2, 0) is 6.18 Å². The van der Waals surface area contributed by atoms with Crippen molar-refractivity contribution in [2.45, 2.75) is 26.1 Å². The van der Waals surface area contributed by atoms with Crippen molar-refractivity contribution in [1.82, 2.24) is 10.2 Å². The number of aliphatic imine (C=N–C) groups is 1. The van der Waals surface area contributed by atoms with E-state index in [1.54, 1.807) is 6.07 Å². The molecule has 1 aliphatic rings.